The van der Waals surface area contributed by atoms with E-state index in [1.807, 2.05) is 17.0 Å². The van der Waals surface area contributed by atoms with Crippen LogP contribution in [0.3, 0.4) is 0 Å². The van der Waals surface area contributed by atoms with E-state index in [1.54, 1.807) is 6.07 Å². The van der Waals surface area contributed by atoms with Crippen LogP contribution in [-0.2, 0) is 11.2 Å². The lowest BCUT2D eigenvalue weighted by Gasteiger charge is -2.24. The Balaban J connectivity index is 0.00000161. The molecule has 0 saturated carbocycles. The molecule has 3 rings (SSSR count). The summed E-state index contributed by atoms with van der Waals surface area (Å²) in [4.78, 5) is 14.4. The van der Waals surface area contributed by atoms with Crippen LogP contribution in [0.5, 0.6) is 5.75 Å². The molecule has 0 aliphatic carbocycles. The van der Waals surface area contributed by atoms with Crippen LogP contribution < -0.4 is 10.5 Å². The molecule has 21 heavy (non-hydrogen) atoms. The molecule has 0 bridgehead atoms. The fourth-order valence-electron chi connectivity index (χ4n) is 2.94. The van der Waals surface area contributed by atoms with Gasteiger partial charge < -0.3 is 15.4 Å². The van der Waals surface area contributed by atoms with Crippen molar-refractivity contribution in [1.29, 1.82) is 0 Å². The van der Waals surface area contributed by atoms with E-state index in [0.29, 0.717) is 18.0 Å². The molecule has 1 fully saturated rings. The third kappa shape index (κ3) is 3.12. The Labute approximate surface area is 136 Å². The molecule has 1 amide bonds. The molecule has 0 radical (unpaired) electrons. The van der Waals surface area contributed by atoms with Gasteiger partial charge in [0, 0.05) is 24.5 Å². The average molecular weight is 331 g/mol. The van der Waals surface area contributed by atoms with Crippen molar-refractivity contribution in [2.24, 2.45) is 11.1 Å². The van der Waals surface area contributed by atoms with E-state index in [0.717, 1.165) is 30.8 Å². The standard InChI is InChI=1S/C15H19ClN2O2.ClH/c1-15(8-17)4-5-18(9-15)14(19)13-7-10-6-11(16)2-3-12(10)20-13;/h2-3,6,13H,4-5,7-9,17H2,1H3;1H. The van der Waals surface area contributed by atoms with Gasteiger partial charge in [-0.2, -0.15) is 0 Å². The molecular weight excluding hydrogens is 311 g/mol. The smallest absolute Gasteiger partial charge is 0.264 e. The van der Waals surface area contributed by atoms with Gasteiger partial charge in [0.05, 0.1) is 0 Å². The summed E-state index contributed by atoms with van der Waals surface area (Å²) in [6.07, 6.45) is 1.15. The Morgan fingerprint density at radius 3 is 3.00 bits per heavy atom. The highest BCUT2D eigenvalue weighted by Crippen LogP contribution is 2.34. The number of hydrogen-bond donors (Lipinski definition) is 1. The molecule has 2 heterocycles. The molecule has 2 N–H and O–H groups in total. The van der Waals surface area contributed by atoms with Gasteiger partial charge in [-0.25, -0.2) is 0 Å². The van der Waals surface area contributed by atoms with Crippen LogP contribution >= 0.6 is 24.0 Å². The van der Waals surface area contributed by atoms with E-state index in [2.05, 4.69) is 6.92 Å². The third-order valence-electron chi connectivity index (χ3n) is 4.33. The van der Waals surface area contributed by atoms with Crippen molar-refractivity contribution in [3.8, 4) is 5.75 Å². The lowest BCUT2D eigenvalue weighted by Crippen LogP contribution is -2.41. The first-order valence-corrected chi connectivity index (χ1v) is 7.32. The highest BCUT2D eigenvalue weighted by atomic mass is 35.5. The number of halogens is 2. The molecule has 0 spiro atoms. The second-order valence-electron chi connectivity index (χ2n) is 6.09. The molecule has 0 aromatic heterocycles. The van der Waals surface area contributed by atoms with Gasteiger partial charge in [0.15, 0.2) is 6.10 Å². The van der Waals surface area contributed by atoms with Crippen LogP contribution in [0.25, 0.3) is 0 Å². The number of nitrogens with two attached hydrogens (primary N) is 1. The zero-order chi connectivity index (χ0) is 14.3. The number of carbonyl (C=O) groups is 1. The van der Waals surface area contributed by atoms with Crippen LogP contribution in [-0.4, -0.2) is 36.5 Å². The maximum Gasteiger partial charge on any atom is 0.264 e. The van der Waals surface area contributed by atoms with Crippen molar-refractivity contribution >= 4 is 29.9 Å². The molecule has 1 aromatic carbocycles. The maximum atomic E-state index is 12.5. The number of benzene rings is 1. The lowest BCUT2D eigenvalue weighted by molar-refractivity contribution is -0.137. The molecular formula is C15H20Cl2N2O2. The first-order valence-electron chi connectivity index (χ1n) is 6.95. The molecule has 1 aromatic rings. The van der Waals surface area contributed by atoms with Crippen LogP contribution in [0.1, 0.15) is 18.9 Å². The summed E-state index contributed by atoms with van der Waals surface area (Å²) in [5.74, 6) is 0.836. The first kappa shape index (κ1) is 16.4. The van der Waals surface area contributed by atoms with Crippen molar-refractivity contribution < 1.29 is 9.53 Å². The number of hydrogen-bond acceptors (Lipinski definition) is 3. The quantitative estimate of drug-likeness (QED) is 0.904. The van der Waals surface area contributed by atoms with Gasteiger partial charge in [-0.05, 0) is 42.1 Å². The number of likely N-dealkylation sites (tertiary alicyclic amines) is 1. The normalized spacial score (nSPS) is 27.0. The van der Waals surface area contributed by atoms with Gasteiger partial charge >= 0.3 is 0 Å². The van der Waals surface area contributed by atoms with Crippen molar-refractivity contribution in [3.63, 3.8) is 0 Å². The number of fused-ring (bicyclic) bond motifs is 1. The number of nitrogens with zero attached hydrogens (tertiary/aromatic N) is 1. The summed E-state index contributed by atoms with van der Waals surface area (Å²) in [5.41, 5.74) is 6.84. The Bertz CT molecular complexity index is 552. The monoisotopic (exact) mass is 330 g/mol. The first-order chi connectivity index (χ1) is 9.50. The minimum absolute atomic E-state index is 0. The molecule has 2 aliphatic rings. The van der Waals surface area contributed by atoms with Gasteiger partial charge in [-0.15, -0.1) is 12.4 Å². The maximum absolute atomic E-state index is 12.5. The predicted molar refractivity (Wildman–Crippen MR) is 85.2 cm³/mol. The molecule has 2 aliphatic heterocycles. The topological polar surface area (TPSA) is 55.6 Å². The SMILES string of the molecule is CC1(CN)CCN(C(=O)C2Cc3cc(Cl)ccc3O2)C1.Cl. The lowest BCUT2D eigenvalue weighted by atomic mass is 9.90. The molecule has 2 unspecified atom stereocenters. The van der Waals surface area contributed by atoms with E-state index in [1.165, 1.54) is 0 Å². The van der Waals surface area contributed by atoms with Gasteiger partial charge in [-0.3, -0.25) is 4.79 Å². The molecule has 6 heteroatoms. The molecule has 2 atom stereocenters. The van der Waals surface area contributed by atoms with Crippen molar-refractivity contribution in [1.82, 2.24) is 4.90 Å². The van der Waals surface area contributed by atoms with Crippen molar-refractivity contribution in [2.45, 2.75) is 25.9 Å². The Kier molecular flexibility index (Phi) is 4.71. The molecule has 116 valence electrons. The fraction of sp³-hybridized carbons (Fsp3) is 0.533. The fourth-order valence-corrected chi connectivity index (χ4v) is 3.13. The van der Waals surface area contributed by atoms with Gasteiger partial charge in [0.1, 0.15) is 5.75 Å². The minimum atomic E-state index is -0.413. The number of amides is 1. The van der Waals surface area contributed by atoms with Crippen LogP contribution in [0, 0.1) is 5.41 Å². The molecule has 4 nitrogen and oxygen atoms in total. The zero-order valence-electron chi connectivity index (χ0n) is 12.0. The summed E-state index contributed by atoms with van der Waals surface area (Å²) >= 11 is 5.97. The average Bonchev–Trinajstić information content (AvgIpc) is 3.02. The largest absolute Gasteiger partial charge is 0.480 e. The Hall–Kier alpha value is -0.970. The van der Waals surface area contributed by atoms with E-state index >= 15 is 0 Å². The number of ether oxygens (including phenoxy) is 1. The van der Waals surface area contributed by atoms with Crippen molar-refractivity contribution in [3.05, 3.63) is 28.8 Å². The molecule has 1 saturated heterocycles. The highest BCUT2D eigenvalue weighted by molar-refractivity contribution is 6.30. The van der Waals surface area contributed by atoms with Crippen LogP contribution in [0.4, 0.5) is 0 Å². The second-order valence-corrected chi connectivity index (χ2v) is 6.52. The van der Waals surface area contributed by atoms with E-state index in [-0.39, 0.29) is 23.7 Å². The van der Waals surface area contributed by atoms with Crippen molar-refractivity contribution in [2.75, 3.05) is 19.6 Å². The van der Waals surface area contributed by atoms with E-state index in [4.69, 9.17) is 22.1 Å². The van der Waals surface area contributed by atoms with Gasteiger partial charge in [0.25, 0.3) is 5.91 Å². The van der Waals surface area contributed by atoms with Gasteiger partial charge in [-0.1, -0.05) is 18.5 Å². The van der Waals surface area contributed by atoms with E-state index < -0.39 is 6.10 Å². The Morgan fingerprint density at radius 2 is 2.33 bits per heavy atom. The van der Waals surface area contributed by atoms with E-state index in [9.17, 15) is 4.79 Å². The summed E-state index contributed by atoms with van der Waals surface area (Å²) in [5, 5.41) is 0.678. The van der Waals surface area contributed by atoms with Gasteiger partial charge in [0.2, 0.25) is 0 Å². The summed E-state index contributed by atoms with van der Waals surface area (Å²) < 4.78 is 5.76. The zero-order valence-corrected chi connectivity index (χ0v) is 13.5. The summed E-state index contributed by atoms with van der Waals surface area (Å²) in [6.45, 7) is 4.23. The van der Waals surface area contributed by atoms with Crippen LogP contribution in [0.2, 0.25) is 5.02 Å². The second kappa shape index (κ2) is 6.03. The van der Waals surface area contributed by atoms with Crippen LogP contribution in [0.15, 0.2) is 18.2 Å². The summed E-state index contributed by atoms with van der Waals surface area (Å²) in [7, 11) is 0. The predicted octanol–water partition coefficient (Wildman–Crippen LogP) is 2.26. The third-order valence-corrected chi connectivity index (χ3v) is 4.57. The minimum Gasteiger partial charge on any atom is -0.480 e. The Morgan fingerprint density at radius 1 is 1.57 bits per heavy atom. The highest BCUT2D eigenvalue weighted by Gasteiger charge is 2.39. The number of carbonyl (C=O) groups excluding carboxylic acids is 1. The summed E-state index contributed by atoms with van der Waals surface area (Å²) in [6, 6.07) is 5.49. The number of rotatable bonds is 2.